The first-order chi connectivity index (χ1) is 11.6. The molecule has 0 saturated carbocycles. The van der Waals surface area contributed by atoms with E-state index < -0.39 is 0 Å². The average Bonchev–Trinajstić information content (AvgIpc) is 2.99. The Balaban J connectivity index is 1.83. The molecule has 1 N–H and O–H groups in total. The van der Waals surface area contributed by atoms with Crippen LogP contribution >= 0.6 is 11.3 Å². The molecular weight excluding hydrogens is 321 g/mol. The summed E-state index contributed by atoms with van der Waals surface area (Å²) >= 11 is 1.66. The Hall–Kier alpha value is -2.46. The molecule has 0 saturated heterocycles. The SMILES string of the molecule is Cc1ccccc1C1CC(=O)Nc2c(-c3ccc(F)cc3)csc21. The van der Waals surface area contributed by atoms with E-state index in [9.17, 15) is 9.18 Å². The summed E-state index contributed by atoms with van der Waals surface area (Å²) in [7, 11) is 0. The highest BCUT2D eigenvalue weighted by Crippen LogP contribution is 2.47. The van der Waals surface area contributed by atoms with E-state index in [0.717, 1.165) is 16.8 Å². The maximum Gasteiger partial charge on any atom is 0.225 e. The van der Waals surface area contributed by atoms with Crippen LogP contribution < -0.4 is 5.32 Å². The van der Waals surface area contributed by atoms with E-state index in [1.807, 2.05) is 12.1 Å². The van der Waals surface area contributed by atoms with Crippen LogP contribution in [0.5, 0.6) is 0 Å². The first-order valence-corrected chi connectivity index (χ1v) is 8.74. The Morgan fingerprint density at radius 3 is 2.62 bits per heavy atom. The summed E-state index contributed by atoms with van der Waals surface area (Å²) in [6.45, 7) is 2.08. The lowest BCUT2D eigenvalue weighted by Crippen LogP contribution is -2.22. The molecule has 1 unspecified atom stereocenters. The lowest BCUT2D eigenvalue weighted by Gasteiger charge is -2.25. The average molecular weight is 337 g/mol. The number of carbonyl (C=O) groups excluding carboxylic acids is 1. The van der Waals surface area contributed by atoms with Crippen LogP contribution in [0.2, 0.25) is 0 Å². The monoisotopic (exact) mass is 337 g/mol. The molecule has 0 spiro atoms. The minimum Gasteiger partial charge on any atom is -0.325 e. The molecule has 4 rings (SSSR count). The second-order valence-corrected chi connectivity index (χ2v) is 6.97. The standard InChI is InChI=1S/C20H16FNOS/c1-12-4-2-3-5-15(12)16-10-18(23)22-19-17(11-24-20(16)19)13-6-8-14(21)9-7-13/h2-9,11,16H,10H2,1H3,(H,22,23). The third-order valence-corrected chi connectivity index (χ3v) is 5.61. The molecule has 1 atom stereocenters. The van der Waals surface area contributed by atoms with Gasteiger partial charge in [0.2, 0.25) is 5.91 Å². The number of benzene rings is 2. The van der Waals surface area contributed by atoms with Crippen molar-refractivity contribution in [1.29, 1.82) is 0 Å². The van der Waals surface area contributed by atoms with E-state index in [4.69, 9.17) is 0 Å². The number of rotatable bonds is 2. The minimum absolute atomic E-state index is 0.0255. The van der Waals surface area contributed by atoms with E-state index in [2.05, 4.69) is 29.8 Å². The van der Waals surface area contributed by atoms with Crippen LogP contribution in [-0.4, -0.2) is 5.91 Å². The lowest BCUT2D eigenvalue weighted by atomic mass is 9.87. The largest absolute Gasteiger partial charge is 0.325 e. The first kappa shape index (κ1) is 15.1. The molecule has 2 aromatic carbocycles. The molecule has 3 aromatic rings. The summed E-state index contributed by atoms with van der Waals surface area (Å²) in [5, 5.41) is 5.07. The fourth-order valence-electron chi connectivity index (χ4n) is 3.30. The van der Waals surface area contributed by atoms with Crippen molar-refractivity contribution in [2.75, 3.05) is 5.32 Å². The van der Waals surface area contributed by atoms with Crippen molar-refractivity contribution in [1.82, 2.24) is 0 Å². The number of fused-ring (bicyclic) bond motifs is 1. The normalized spacial score (nSPS) is 16.6. The molecule has 4 heteroatoms. The van der Waals surface area contributed by atoms with Crippen molar-refractivity contribution < 1.29 is 9.18 Å². The molecular formula is C20H16FNOS. The number of anilines is 1. The quantitative estimate of drug-likeness (QED) is 0.672. The third-order valence-electron chi connectivity index (χ3n) is 4.51. The van der Waals surface area contributed by atoms with Gasteiger partial charge in [-0.3, -0.25) is 4.79 Å². The Morgan fingerprint density at radius 1 is 1.12 bits per heavy atom. The number of hydrogen-bond donors (Lipinski definition) is 1. The van der Waals surface area contributed by atoms with Gasteiger partial charge < -0.3 is 5.32 Å². The zero-order valence-electron chi connectivity index (χ0n) is 13.2. The second kappa shape index (κ2) is 5.87. The first-order valence-electron chi connectivity index (χ1n) is 7.86. The van der Waals surface area contributed by atoms with E-state index in [-0.39, 0.29) is 17.6 Å². The Morgan fingerprint density at radius 2 is 1.88 bits per heavy atom. The zero-order chi connectivity index (χ0) is 16.7. The zero-order valence-corrected chi connectivity index (χ0v) is 14.0. The summed E-state index contributed by atoms with van der Waals surface area (Å²) in [5.74, 6) is -0.156. The predicted molar refractivity (Wildman–Crippen MR) is 96.0 cm³/mol. The van der Waals surface area contributed by atoms with E-state index in [1.54, 1.807) is 23.5 Å². The molecule has 120 valence electrons. The highest BCUT2D eigenvalue weighted by molar-refractivity contribution is 7.11. The third kappa shape index (κ3) is 2.53. The number of carbonyl (C=O) groups is 1. The van der Waals surface area contributed by atoms with E-state index in [1.165, 1.54) is 28.1 Å². The maximum absolute atomic E-state index is 13.2. The number of halogens is 1. The van der Waals surface area contributed by atoms with Crippen molar-refractivity contribution in [2.24, 2.45) is 0 Å². The van der Waals surface area contributed by atoms with Crippen LogP contribution in [-0.2, 0) is 4.79 Å². The number of aryl methyl sites for hydroxylation is 1. The van der Waals surface area contributed by atoms with E-state index in [0.29, 0.717) is 6.42 Å². The van der Waals surface area contributed by atoms with Crippen LogP contribution in [0, 0.1) is 12.7 Å². The maximum atomic E-state index is 13.2. The summed E-state index contributed by atoms with van der Waals surface area (Å²) in [6, 6.07) is 14.6. The molecule has 0 bridgehead atoms. The number of thiophene rings is 1. The Kier molecular flexibility index (Phi) is 3.69. The van der Waals surface area contributed by atoms with Gasteiger partial charge in [0, 0.05) is 28.2 Å². The topological polar surface area (TPSA) is 29.1 Å². The lowest BCUT2D eigenvalue weighted by molar-refractivity contribution is -0.116. The second-order valence-electron chi connectivity index (χ2n) is 6.06. The van der Waals surface area contributed by atoms with Crippen LogP contribution in [0.3, 0.4) is 0 Å². The summed E-state index contributed by atoms with van der Waals surface area (Å²) < 4.78 is 13.2. The fraction of sp³-hybridized carbons (Fsp3) is 0.150. The van der Waals surface area contributed by atoms with Crippen molar-refractivity contribution in [3.05, 3.63) is 75.7 Å². The van der Waals surface area contributed by atoms with Crippen molar-refractivity contribution >= 4 is 22.9 Å². The molecule has 1 aromatic heterocycles. The van der Waals surface area contributed by atoms with Crippen molar-refractivity contribution in [2.45, 2.75) is 19.3 Å². The molecule has 0 fully saturated rings. The Bertz CT molecular complexity index is 914. The molecule has 0 aliphatic carbocycles. The van der Waals surface area contributed by atoms with Gasteiger partial charge in [0.1, 0.15) is 5.82 Å². The molecule has 1 aliphatic heterocycles. The smallest absolute Gasteiger partial charge is 0.225 e. The molecule has 24 heavy (non-hydrogen) atoms. The van der Waals surface area contributed by atoms with Crippen LogP contribution in [0.15, 0.2) is 53.9 Å². The van der Waals surface area contributed by atoms with Gasteiger partial charge in [-0.05, 0) is 35.7 Å². The molecule has 1 aliphatic rings. The van der Waals surface area contributed by atoms with Crippen LogP contribution in [0.4, 0.5) is 10.1 Å². The van der Waals surface area contributed by atoms with Gasteiger partial charge in [-0.15, -0.1) is 11.3 Å². The summed E-state index contributed by atoms with van der Waals surface area (Å²) in [4.78, 5) is 13.5. The van der Waals surface area contributed by atoms with Gasteiger partial charge in [0.25, 0.3) is 0 Å². The van der Waals surface area contributed by atoms with Gasteiger partial charge >= 0.3 is 0 Å². The van der Waals surface area contributed by atoms with Crippen LogP contribution in [0.1, 0.15) is 28.3 Å². The summed E-state index contributed by atoms with van der Waals surface area (Å²) in [5.41, 5.74) is 5.14. The molecule has 1 amide bonds. The number of nitrogens with one attached hydrogen (secondary N) is 1. The minimum atomic E-state index is -0.260. The van der Waals surface area contributed by atoms with Gasteiger partial charge in [-0.25, -0.2) is 4.39 Å². The van der Waals surface area contributed by atoms with Crippen LogP contribution in [0.25, 0.3) is 11.1 Å². The van der Waals surface area contributed by atoms with Crippen molar-refractivity contribution in [3.8, 4) is 11.1 Å². The van der Waals surface area contributed by atoms with Gasteiger partial charge in [0.05, 0.1) is 5.69 Å². The predicted octanol–water partition coefficient (Wildman–Crippen LogP) is 5.34. The molecule has 2 nitrogen and oxygen atoms in total. The molecule has 0 radical (unpaired) electrons. The van der Waals surface area contributed by atoms with Gasteiger partial charge in [0.15, 0.2) is 0 Å². The van der Waals surface area contributed by atoms with Gasteiger partial charge in [-0.2, -0.15) is 0 Å². The number of amides is 1. The van der Waals surface area contributed by atoms with E-state index >= 15 is 0 Å². The van der Waals surface area contributed by atoms with Gasteiger partial charge in [-0.1, -0.05) is 36.4 Å². The molecule has 2 heterocycles. The highest BCUT2D eigenvalue weighted by Gasteiger charge is 2.31. The fourth-order valence-corrected chi connectivity index (χ4v) is 4.45. The highest BCUT2D eigenvalue weighted by atomic mass is 32.1. The summed E-state index contributed by atoms with van der Waals surface area (Å²) in [6.07, 6.45) is 0.460. The Labute approximate surface area is 144 Å². The number of hydrogen-bond acceptors (Lipinski definition) is 2. The van der Waals surface area contributed by atoms with Crippen molar-refractivity contribution in [3.63, 3.8) is 0 Å².